The lowest BCUT2D eigenvalue weighted by Gasteiger charge is -1.98. The van der Waals surface area contributed by atoms with E-state index in [-0.39, 0.29) is 6.61 Å². The highest BCUT2D eigenvalue weighted by atomic mass is 16.2. The highest BCUT2D eigenvalue weighted by molar-refractivity contribution is 5.62. The first kappa shape index (κ1) is 16.6. The van der Waals surface area contributed by atoms with Gasteiger partial charge >= 0.3 is 0 Å². The second-order valence-electron chi connectivity index (χ2n) is 4.07. The number of aliphatic hydroxyl groups is 1. The van der Waals surface area contributed by atoms with Crippen molar-refractivity contribution in [3.63, 3.8) is 0 Å². The smallest absolute Gasteiger partial charge is 0.0402 e. The Balaban J connectivity index is 0.000000205. The Morgan fingerprint density at radius 1 is 0.667 bits per heavy atom. The topological polar surface area (TPSA) is 33.1 Å². The molecular weight excluding hydrogens is 258 g/mol. The standard InChI is InChI=1S/C12H10.C5H5N.C2H6O/c1-3-7-11(8-4-1)12-9-5-2-6-10-12;1-2-4-6-5-3-1;1-2-3/h1-10H;1-5H;3H,2H2,1H3. The molecule has 0 radical (unpaired) electrons. The van der Waals surface area contributed by atoms with Gasteiger partial charge in [-0.15, -0.1) is 0 Å². The first-order chi connectivity index (χ1) is 10.4. The van der Waals surface area contributed by atoms with E-state index < -0.39 is 0 Å². The van der Waals surface area contributed by atoms with Crippen LogP contribution in [0.25, 0.3) is 11.1 Å². The number of benzene rings is 2. The third-order valence-corrected chi connectivity index (χ3v) is 2.45. The normalized spacial score (nSPS) is 8.67. The summed E-state index contributed by atoms with van der Waals surface area (Å²) >= 11 is 0. The maximum absolute atomic E-state index is 7.57. The number of rotatable bonds is 1. The molecule has 0 saturated carbocycles. The van der Waals surface area contributed by atoms with Crippen molar-refractivity contribution in [1.82, 2.24) is 4.98 Å². The second kappa shape index (κ2) is 11.4. The van der Waals surface area contributed by atoms with Crippen molar-refractivity contribution in [3.8, 4) is 11.1 Å². The second-order valence-corrected chi connectivity index (χ2v) is 4.07. The molecule has 0 bridgehead atoms. The van der Waals surface area contributed by atoms with Crippen molar-refractivity contribution in [3.05, 3.63) is 91.3 Å². The summed E-state index contributed by atoms with van der Waals surface area (Å²) < 4.78 is 0. The molecule has 1 N–H and O–H groups in total. The number of aromatic nitrogens is 1. The summed E-state index contributed by atoms with van der Waals surface area (Å²) in [5, 5.41) is 7.57. The third-order valence-electron chi connectivity index (χ3n) is 2.45. The Bertz CT molecular complexity index is 489. The van der Waals surface area contributed by atoms with Gasteiger partial charge < -0.3 is 5.11 Å². The van der Waals surface area contributed by atoms with Crippen LogP contribution in [0.4, 0.5) is 0 Å². The Labute approximate surface area is 126 Å². The van der Waals surface area contributed by atoms with Gasteiger partial charge in [0.25, 0.3) is 0 Å². The summed E-state index contributed by atoms with van der Waals surface area (Å²) in [6.07, 6.45) is 3.50. The van der Waals surface area contributed by atoms with E-state index >= 15 is 0 Å². The number of hydrogen-bond donors (Lipinski definition) is 1. The van der Waals surface area contributed by atoms with Gasteiger partial charge in [0.1, 0.15) is 0 Å². The largest absolute Gasteiger partial charge is 0.397 e. The fraction of sp³-hybridized carbons (Fsp3) is 0.105. The first-order valence-corrected chi connectivity index (χ1v) is 6.94. The van der Waals surface area contributed by atoms with Crippen LogP contribution in [0.3, 0.4) is 0 Å². The molecule has 0 aliphatic rings. The summed E-state index contributed by atoms with van der Waals surface area (Å²) in [6.45, 7) is 1.93. The van der Waals surface area contributed by atoms with Crippen molar-refractivity contribution < 1.29 is 5.11 Å². The summed E-state index contributed by atoms with van der Waals surface area (Å²) in [7, 11) is 0. The van der Waals surface area contributed by atoms with Crippen molar-refractivity contribution in [1.29, 1.82) is 0 Å². The van der Waals surface area contributed by atoms with Crippen LogP contribution in [-0.4, -0.2) is 16.7 Å². The molecule has 1 aromatic heterocycles. The minimum atomic E-state index is 0.250. The fourth-order valence-corrected chi connectivity index (χ4v) is 1.57. The number of hydrogen-bond acceptors (Lipinski definition) is 2. The summed E-state index contributed by atoms with van der Waals surface area (Å²) in [5.74, 6) is 0. The van der Waals surface area contributed by atoms with Crippen molar-refractivity contribution in [2.45, 2.75) is 6.92 Å². The number of aliphatic hydroxyl groups excluding tert-OH is 1. The van der Waals surface area contributed by atoms with E-state index in [0.717, 1.165) is 0 Å². The zero-order valence-corrected chi connectivity index (χ0v) is 12.3. The van der Waals surface area contributed by atoms with E-state index in [1.807, 2.05) is 30.3 Å². The van der Waals surface area contributed by atoms with E-state index in [1.54, 1.807) is 19.3 Å². The molecule has 3 rings (SSSR count). The van der Waals surface area contributed by atoms with E-state index in [4.69, 9.17) is 5.11 Å². The van der Waals surface area contributed by atoms with Crippen LogP contribution >= 0.6 is 0 Å². The molecule has 0 spiro atoms. The van der Waals surface area contributed by atoms with Crippen LogP contribution in [0.1, 0.15) is 6.92 Å². The predicted molar refractivity (Wildman–Crippen MR) is 88.9 cm³/mol. The third kappa shape index (κ3) is 7.65. The fourth-order valence-electron chi connectivity index (χ4n) is 1.57. The highest BCUT2D eigenvalue weighted by Gasteiger charge is 1.91. The number of pyridine rings is 1. The van der Waals surface area contributed by atoms with Crippen LogP contribution in [-0.2, 0) is 0 Å². The quantitative estimate of drug-likeness (QED) is 0.714. The summed E-state index contributed by atoms with van der Waals surface area (Å²) in [5.41, 5.74) is 2.55. The van der Waals surface area contributed by atoms with Gasteiger partial charge in [0.15, 0.2) is 0 Å². The maximum atomic E-state index is 7.57. The summed E-state index contributed by atoms with van der Waals surface area (Å²) in [4.78, 5) is 3.78. The average molecular weight is 279 g/mol. The Morgan fingerprint density at radius 2 is 1.00 bits per heavy atom. The predicted octanol–water partition coefficient (Wildman–Crippen LogP) is 4.43. The van der Waals surface area contributed by atoms with Crippen molar-refractivity contribution in [2.24, 2.45) is 0 Å². The lowest BCUT2D eigenvalue weighted by molar-refractivity contribution is 0.318. The van der Waals surface area contributed by atoms with Gasteiger partial charge in [-0.25, -0.2) is 0 Å². The van der Waals surface area contributed by atoms with Crippen LogP contribution in [0.5, 0.6) is 0 Å². The van der Waals surface area contributed by atoms with Gasteiger partial charge in [-0.2, -0.15) is 0 Å². The minimum Gasteiger partial charge on any atom is -0.397 e. The van der Waals surface area contributed by atoms with Gasteiger partial charge in [0.2, 0.25) is 0 Å². The molecule has 0 unspecified atom stereocenters. The van der Waals surface area contributed by atoms with Gasteiger partial charge in [-0.1, -0.05) is 66.7 Å². The van der Waals surface area contributed by atoms with Gasteiger partial charge in [0, 0.05) is 19.0 Å². The molecule has 21 heavy (non-hydrogen) atoms. The Morgan fingerprint density at radius 3 is 1.24 bits per heavy atom. The molecule has 2 aromatic carbocycles. The molecule has 0 aliphatic carbocycles. The van der Waals surface area contributed by atoms with Crippen molar-refractivity contribution >= 4 is 0 Å². The van der Waals surface area contributed by atoms with Crippen LogP contribution in [0.2, 0.25) is 0 Å². The Kier molecular flexibility index (Phi) is 9.00. The van der Waals surface area contributed by atoms with Crippen LogP contribution in [0.15, 0.2) is 91.3 Å². The van der Waals surface area contributed by atoms with Crippen molar-refractivity contribution in [2.75, 3.05) is 6.61 Å². The minimum absolute atomic E-state index is 0.250. The van der Waals surface area contributed by atoms with E-state index in [1.165, 1.54) is 11.1 Å². The Hall–Kier alpha value is -2.45. The zero-order valence-electron chi connectivity index (χ0n) is 12.3. The van der Waals surface area contributed by atoms with Crippen LogP contribution in [0, 0.1) is 0 Å². The molecule has 108 valence electrons. The van der Waals surface area contributed by atoms with E-state index in [2.05, 4.69) is 53.5 Å². The molecular formula is C19H21NO. The van der Waals surface area contributed by atoms with E-state index in [9.17, 15) is 0 Å². The maximum Gasteiger partial charge on any atom is 0.0402 e. The molecule has 3 aromatic rings. The van der Waals surface area contributed by atoms with Gasteiger partial charge in [-0.05, 0) is 30.2 Å². The first-order valence-electron chi connectivity index (χ1n) is 6.94. The molecule has 1 heterocycles. The highest BCUT2D eigenvalue weighted by Crippen LogP contribution is 2.17. The molecule has 0 atom stereocenters. The molecule has 0 fully saturated rings. The molecule has 0 aliphatic heterocycles. The van der Waals surface area contributed by atoms with E-state index in [0.29, 0.717) is 0 Å². The number of nitrogens with zero attached hydrogens (tertiary/aromatic N) is 1. The zero-order chi connectivity index (χ0) is 15.2. The van der Waals surface area contributed by atoms with Gasteiger partial charge in [-0.3, -0.25) is 4.98 Å². The average Bonchev–Trinajstić information content (AvgIpc) is 2.59. The SMILES string of the molecule is CCO.c1ccc(-c2ccccc2)cc1.c1ccncc1. The lowest BCUT2D eigenvalue weighted by Crippen LogP contribution is -1.73. The van der Waals surface area contributed by atoms with Gasteiger partial charge in [0.05, 0.1) is 0 Å². The molecule has 2 heteroatoms. The summed E-state index contributed by atoms with van der Waals surface area (Å²) in [6, 6.07) is 26.5. The molecule has 0 saturated heterocycles. The van der Waals surface area contributed by atoms with Crippen LogP contribution < -0.4 is 0 Å². The monoisotopic (exact) mass is 279 g/mol. The lowest BCUT2D eigenvalue weighted by atomic mass is 10.1. The molecule has 0 amide bonds. The molecule has 2 nitrogen and oxygen atoms in total.